The molecule has 15 heteroatoms. The van der Waals surface area contributed by atoms with Gasteiger partial charge in [-0.3, -0.25) is 9.36 Å². The van der Waals surface area contributed by atoms with Crippen LogP contribution in [0.5, 0.6) is 5.75 Å². The number of nitrogen functional groups attached to an aromatic ring is 1. The number of nitrogens with two attached hydrogens (primary N) is 1. The molecule has 0 aliphatic rings. The second-order valence-corrected chi connectivity index (χ2v) is 9.50. The lowest BCUT2D eigenvalue weighted by Crippen LogP contribution is -2.32. The standard InChI is InChI=1S/C18H23N6O4P.C4H4O4.H2/c1-13(14(2)25)23-29(26,28-15-6-4-3-5-7-15)12-27-9-8-24-11-22-16-17(19)20-10-21-18(16)24;5-3(6)1-2-4(7)8;/h3-7,10-11,13H,8-9,12H2,1-2H3,(H,23,26)(H2,19,20,21);1-2H,(H,5,6)(H,7,8);1H/b;2-1+;/t13-,29?;;/m0../s1. The number of nitrogens with zero attached hydrogens (tertiary/aromatic N) is 4. The Labute approximate surface area is 213 Å². The molecule has 0 fully saturated rings. The molecule has 1 aromatic carbocycles. The minimum absolute atomic E-state index is 0. The summed E-state index contributed by atoms with van der Waals surface area (Å²) in [5.74, 6) is -1.93. The highest BCUT2D eigenvalue weighted by Crippen LogP contribution is 2.43. The van der Waals surface area contributed by atoms with E-state index in [1.54, 1.807) is 42.1 Å². The molecule has 0 radical (unpaired) electrons. The number of hydrogen-bond donors (Lipinski definition) is 4. The lowest BCUT2D eigenvalue weighted by molar-refractivity contribution is -0.134. The van der Waals surface area contributed by atoms with Crippen molar-refractivity contribution in [2.45, 2.75) is 26.4 Å². The van der Waals surface area contributed by atoms with Crippen LogP contribution in [-0.4, -0.2) is 66.5 Å². The quantitative estimate of drug-likeness (QED) is 0.149. The van der Waals surface area contributed by atoms with E-state index in [0.29, 0.717) is 41.4 Å². The van der Waals surface area contributed by atoms with E-state index >= 15 is 0 Å². The highest BCUT2D eigenvalue weighted by atomic mass is 31.2. The van der Waals surface area contributed by atoms with E-state index < -0.39 is 25.5 Å². The monoisotopic (exact) mass is 536 g/mol. The first-order valence-corrected chi connectivity index (χ1v) is 12.6. The average molecular weight is 536 g/mol. The molecular formula is C22H29N6O8P. The molecule has 3 rings (SSSR count). The maximum Gasteiger partial charge on any atom is 0.342 e. The number of carbonyl (C=O) groups is 3. The average Bonchev–Trinajstić information content (AvgIpc) is 3.26. The number of para-hydroxylation sites is 1. The van der Waals surface area contributed by atoms with Gasteiger partial charge in [-0.25, -0.2) is 29.6 Å². The highest BCUT2D eigenvalue weighted by Gasteiger charge is 2.29. The number of fused-ring (bicyclic) bond motifs is 1. The summed E-state index contributed by atoms with van der Waals surface area (Å²) < 4.78 is 26.3. The van der Waals surface area contributed by atoms with Gasteiger partial charge < -0.3 is 29.8 Å². The summed E-state index contributed by atoms with van der Waals surface area (Å²) in [5.41, 5.74) is 6.89. The number of rotatable bonds is 12. The molecule has 2 heterocycles. The molecule has 200 valence electrons. The first kappa shape index (κ1) is 29.1. The van der Waals surface area contributed by atoms with Gasteiger partial charge in [0.05, 0.1) is 19.0 Å². The lowest BCUT2D eigenvalue weighted by atomic mass is 10.3. The molecule has 0 bridgehead atoms. The number of Topliss-reactive ketones (excluding diaryl/α,β-unsaturated/α-hetero) is 1. The minimum atomic E-state index is -3.48. The summed E-state index contributed by atoms with van der Waals surface area (Å²) in [6.45, 7) is 3.70. The molecule has 2 aromatic heterocycles. The van der Waals surface area contributed by atoms with Gasteiger partial charge in [0.2, 0.25) is 0 Å². The first-order valence-electron chi connectivity index (χ1n) is 10.8. The number of ether oxygens (including phenoxy) is 1. The van der Waals surface area contributed by atoms with E-state index in [1.807, 2.05) is 6.07 Å². The molecule has 5 N–H and O–H groups in total. The van der Waals surface area contributed by atoms with Crippen LogP contribution in [0.15, 0.2) is 55.1 Å². The van der Waals surface area contributed by atoms with Crippen molar-refractivity contribution < 1.29 is 39.8 Å². The van der Waals surface area contributed by atoms with Crippen molar-refractivity contribution in [1.82, 2.24) is 24.6 Å². The van der Waals surface area contributed by atoms with E-state index in [-0.39, 0.29) is 20.2 Å². The highest BCUT2D eigenvalue weighted by molar-refractivity contribution is 7.57. The van der Waals surface area contributed by atoms with Crippen LogP contribution in [0.25, 0.3) is 11.2 Å². The molecular weight excluding hydrogens is 507 g/mol. The van der Waals surface area contributed by atoms with E-state index in [4.69, 9.17) is 25.2 Å². The molecule has 2 atom stereocenters. The van der Waals surface area contributed by atoms with Gasteiger partial charge in [0.15, 0.2) is 11.5 Å². The zero-order valence-corrected chi connectivity index (χ0v) is 20.9. The molecule has 3 aromatic rings. The maximum atomic E-state index is 13.2. The Kier molecular flexibility index (Phi) is 10.9. The summed E-state index contributed by atoms with van der Waals surface area (Å²) in [7, 11) is -3.48. The van der Waals surface area contributed by atoms with Crippen molar-refractivity contribution in [2.24, 2.45) is 0 Å². The minimum Gasteiger partial charge on any atom is -0.478 e. The lowest BCUT2D eigenvalue weighted by Gasteiger charge is -2.23. The van der Waals surface area contributed by atoms with Gasteiger partial charge in [-0.2, -0.15) is 0 Å². The molecule has 1 unspecified atom stereocenters. The van der Waals surface area contributed by atoms with Crippen molar-refractivity contribution in [3.05, 3.63) is 55.1 Å². The number of carbonyl (C=O) groups excluding carboxylic acids is 1. The Bertz CT molecular complexity index is 1290. The van der Waals surface area contributed by atoms with Crippen LogP contribution in [0.3, 0.4) is 0 Å². The zero-order valence-electron chi connectivity index (χ0n) is 20.1. The third-order valence-corrected chi connectivity index (χ3v) is 6.34. The van der Waals surface area contributed by atoms with Crippen LogP contribution >= 0.6 is 7.52 Å². The molecule has 37 heavy (non-hydrogen) atoms. The van der Waals surface area contributed by atoms with Gasteiger partial charge in [-0.1, -0.05) is 18.2 Å². The van der Waals surface area contributed by atoms with E-state index in [0.717, 1.165) is 0 Å². The van der Waals surface area contributed by atoms with Crippen molar-refractivity contribution in [1.29, 1.82) is 0 Å². The molecule has 0 saturated heterocycles. The normalized spacial score (nSPS) is 13.4. The van der Waals surface area contributed by atoms with E-state index in [2.05, 4.69) is 20.0 Å². The second-order valence-electron chi connectivity index (χ2n) is 7.46. The number of benzene rings is 1. The molecule has 0 spiro atoms. The third-order valence-electron chi connectivity index (χ3n) is 4.53. The third kappa shape index (κ3) is 9.80. The Morgan fingerprint density at radius 2 is 1.81 bits per heavy atom. The number of imidazole rings is 1. The predicted octanol–water partition coefficient (Wildman–Crippen LogP) is 2.18. The summed E-state index contributed by atoms with van der Waals surface area (Å²) >= 11 is 0. The predicted molar refractivity (Wildman–Crippen MR) is 135 cm³/mol. The summed E-state index contributed by atoms with van der Waals surface area (Å²) in [6.07, 6.45) is 3.87. The van der Waals surface area contributed by atoms with Gasteiger partial charge in [0.25, 0.3) is 0 Å². The number of carboxylic acid groups (broad SMARTS) is 2. The number of nitrogens with one attached hydrogen (secondary N) is 1. The smallest absolute Gasteiger partial charge is 0.342 e. The summed E-state index contributed by atoms with van der Waals surface area (Å²) in [5, 5.41) is 18.4. The van der Waals surface area contributed by atoms with Crippen molar-refractivity contribution in [2.75, 3.05) is 18.7 Å². The van der Waals surface area contributed by atoms with E-state index in [1.165, 1.54) is 13.3 Å². The Morgan fingerprint density at radius 1 is 1.16 bits per heavy atom. The number of carboxylic acids is 2. The van der Waals surface area contributed by atoms with Crippen LogP contribution in [0, 0.1) is 0 Å². The van der Waals surface area contributed by atoms with Crippen molar-refractivity contribution >= 4 is 42.2 Å². The molecule has 0 aliphatic heterocycles. The van der Waals surface area contributed by atoms with Crippen molar-refractivity contribution in [3.8, 4) is 5.75 Å². The number of ketones is 1. The molecule has 14 nitrogen and oxygen atoms in total. The number of aromatic nitrogens is 4. The van der Waals surface area contributed by atoms with Crippen LogP contribution in [0.2, 0.25) is 0 Å². The fourth-order valence-corrected chi connectivity index (χ4v) is 4.46. The van der Waals surface area contributed by atoms with E-state index in [9.17, 15) is 18.9 Å². The van der Waals surface area contributed by atoms with Gasteiger partial charge in [-0.15, -0.1) is 0 Å². The fraction of sp³-hybridized carbons (Fsp3) is 0.273. The molecule has 0 saturated carbocycles. The first-order chi connectivity index (χ1) is 17.5. The Balaban J connectivity index is 0.000000699. The SMILES string of the molecule is CC(=O)[C@H](C)NP(=O)(COCCn1cnc2c(N)ncnc21)Oc1ccccc1.O=C(O)/C=C/C(=O)O.[HH]. The Hall–Kier alpha value is -4.13. The van der Waals surface area contributed by atoms with Crippen LogP contribution in [0.4, 0.5) is 5.82 Å². The number of aliphatic carboxylic acids is 2. The van der Waals surface area contributed by atoms with Gasteiger partial charge >= 0.3 is 19.5 Å². The number of anilines is 1. The zero-order chi connectivity index (χ0) is 27.4. The summed E-state index contributed by atoms with van der Waals surface area (Å²) in [4.78, 5) is 43.0. The van der Waals surface area contributed by atoms with Gasteiger partial charge in [0.1, 0.15) is 29.7 Å². The second kappa shape index (κ2) is 13.8. The molecule has 0 aliphatic carbocycles. The maximum absolute atomic E-state index is 13.2. The number of hydrogen-bond acceptors (Lipinski definition) is 10. The fourth-order valence-electron chi connectivity index (χ4n) is 2.68. The molecule has 0 amide bonds. The van der Waals surface area contributed by atoms with Crippen LogP contribution in [-0.2, 0) is 30.2 Å². The topological polar surface area (TPSA) is 209 Å². The van der Waals surface area contributed by atoms with Crippen molar-refractivity contribution in [3.63, 3.8) is 0 Å². The van der Waals surface area contributed by atoms with Crippen LogP contribution in [0.1, 0.15) is 15.3 Å². The largest absolute Gasteiger partial charge is 0.478 e. The van der Waals surface area contributed by atoms with Gasteiger partial charge in [0, 0.05) is 20.1 Å². The Morgan fingerprint density at radius 3 is 2.41 bits per heavy atom. The van der Waals surface area contributed by atoms with Crippen LogP contribution < -0.4 is 15.3 Å². The van der Waals surface area contributed by atoms with Gasteiger partial charge in [-0.05, 0) is 26.0 Å². The summed E-state index contributed by atoms with van der Waals surface area (Å²) in [6, 6.07) is 8.11.